The summed E-state index contributed by atoms with van der Waals surface area (Å²) < 4.78 is 17.4. The maximum Gasteiger partial charge on any atom is 0.306 e. The summed E-state index contributed by atoms with van der Waals surface area (Å²) in [5, 5.41) is 0. The third-order valence-corrected chi connectivity index (χ3v) is 11.7. The highest BCUT2D eigenvalue weighted by atomic mass is 16.6. The van der Waals surface area contributed by atoms with Crippen molar-refractivity contribution in [3.63, 3.8) is 0 Å². The lowest BCUT2D eigenvalue weighted by Gasteiger charge is -2.18. The number of ether oxygens (including phenoxy) is 3. The summed E-state index contributed by atoms with van der Waals surface area (Å²) in [5.74, 6) is -0.411. The molecule has 0 amide bonds. The number of hydrogen-bond donors (Lipinski definition) is 0. The van der Waals surface area contributed by atoms with E-state index in [0.717, 1.165) is 89.9 Å². The zero-order valence-corrected chi connectivity index (χ0v) is 42.5. The molecular weight excluding hydrogens is 789 g/mol. The number of rotatable bonds is 50. The molecule has 0 aliphatic rings. The summed E-state index contributed by atoms with van der Waals surface area (Å²) in [7, 11) is 0. The highest BCUT2D eigenvalue weighted by Gasteiger charge is 2.17. The number of esters is 2. The fourth-order valence-corrected chi connectivity index (χ4v) is 7.65. The molecule has 0 saturated heterocycles. The Morgan fingerprint density at radius 3 is 1.16 bits per heavy atom. The van der Waals surface area contributed by atoms with Crippen LogP contribution in [0.2, 0.25) is 0 Å². The first-order valence-corrected chi connectivity index (χ1v) is 27.5. The Bertz CT molecular complexity index is 1150. The van der Waals surface area contributed by atoms with Crippen LogP contribution in [0, 0.1) is 0 Å². The molecule has 0 aliphatic carbocycles. The van der Waals surface area contributed by atoms with Gasteiger partial charge in [0.05, 0.1) is 6.61 Å². The maximum absolute atomic E-state index is 12.8. The first kappa shape index (κ1) is 61.3. The Kier molecular flexibility index (Phi) is 52.4. The molecule has 0 bridgehead atoms. The van der Waals surface area contributed by atoms with E-state index in [4.69, 9.17) is 14.2 Å². The lowest BCUT2D eigenvalue weighted by atomic mass is 10.1. The van der Waals surface area contributed by atoms with Gasteiger partial charge in [0.2, 0.25) is 0 Å². The van der Waals surface area contributed by atoms with Crippen molar-refractivity contribution in [2.75, 3.05) is 19.8 Å². The van der Waals surface area contributed by atoms with E-state index in [1.165, 1.54) is 141 Å². The molecule has 0 radical (unpaired) electrons. The van der Waals surface area contributed by atoms with Gasteiger partial charge >= 0.3 is 11.9 Å². The molecule has 64 heavy (non-hydrogen) atoms. The van der Waals surface area contributed by atoms with Crippen molar-refractivity contribution < 1.29 is 23.8 Å². The molecule has 5 nitrogen and oxygen atoms in total. The molecule has 0 spiro atoms. The monoisotopic (exact) mass is 893 g/mol. The topological polar surface area (TPSA) is 61.8 Å². The smallest absolute Gasteiger partial charge is 0.306 e. The first-order chi connectivity index (χ1) is 31.6. The van der Waals surface area contributed by atoms with E-state index in [1.54, 1.807) is 0 Å². The molecule has 0 aromatic carbocycles. The minimum Gasteiger partial charge on any atom is -0.462 e. The first-order valence-electron chi connectivity index (χ1n) is 27.5. The predicted octanol–water partition coefficient (Wildman–Crippen LogP) is 18.7. The summed E-state index contributed by atoms with van der Waals surface area (Å²) in [4.78, 5) is 25.4. The standard InChI is InChI=1S/C59H104O5/c1-4-7-10-13-16-19-22-24-26-28-30-32-34-36-38-40-43-46-49-52-58(60)63-56-57(55-62-54-51-48-45-42-21-18-15-12-9-6-3)64-59(61)53-50-47-44-41-39-37-35-33-31-29-27-25-23-20-17-14-11-8-5-2/h7,10,16-17,19-20,24-27,30,32,57H,4-6,8-9,11-15,18,21-23,28-29,31,33-56H2,1-3H3/b10-7-,19-16-,20-17-,26-24-,27-25-,32-30-. The van der Waals surface area contributed by atoms with E-state index >= 15 is 0 Å². The molecule has 0 aromatic heterocycles. The molecule has 5 heteroatoms. The zero-order chi connectivity index (χ0) is 46.3. The van der Waals surface area contributed by atoms with Gasteiger partial charge in [-0.1, -0.05) is 235 Å². The van der Waals surface area contributed by atoms with Crippen molar-refractivity contribution in [2.24, 2.45) is 0 Å². The van der Waals surface area contributed by atoms with Crippen LogP contribution in [0.3, 0.4) is 0 Å². The summed E-state index contributed by atoms with van der Waals surface area (Å²) in [6, 6.07) is 0. The van der Waals surface area contributed by atoms with Gasteiger partial charge in [-0.05, 0) is 89.9 Å². The molecule has 0 saturated carbocycles. The normalized spacial score (nSPS) is 12.7. The van der Waals surface area contributed by atoms with Crippen molar-refractivity contribution in [3.8, 4) is 0 Å². The zero-order valence-electron chi connectivity index (χ0n) is 42.5. The van der Waals surface area contributed by atoms with Gasteiger partial charge in [0.1, 0.15) is 6.61 Å². The summed E-state index contributed by atoms with van der Waals surface area (Å²) >= 11 is 0. The van der Waals surface area contributed by atoms with Crippen molar-refractivity contribution in [2.45, 2.75) is 271 Å². The van der Waals surface area contributed by atoms with Gasteiger partial charge in [-0.2, -0.15) is 0 Å². The number of carbonyl (C=O) groups is 2. The second-order valence-corrected chi connectivity index (χ2v) is 18.1. The fraction of sp³-hybridized carbons (Fsp3) is 0.763. The van der Waals surface area contributed by atoms with Gasteiger partial charge < -0.3 is 14.2 Å². The number of allylic oxidation sites excluding steroid dienone is 12. The van der Waals surface area contributed by atoms with Crippen LogP contribution in [0.4, 0.5) is 0 Å². The van der Waals surface area contributed by atoms with E-state index in [0.29, 0.717) is 19.4 Å². The quantitative estimate of drug-likeness (QED) is 0.0346. The molecule has 1 atom stereocenters. The number of carbonyl (C=O) groups excluding carboxylic acids is 2. The fourth-order valence-electron chi connectivity index (χ4n) is 7.65. The number of hydrogen-bond acceptors (Lipinski definition) is 5. The van der Waals surface area contributed by atoms with Crippen LogP contribution in [0.25, 0.3) is 0 Å². The SMILES string of the molecule is CC/C=C\C/C=C\C/C=C\C/C=C\CCCCCCCCC(=O)OCC(COCCCCCCCCCCCC)OC(=O)CCCCCCCCCCC/C=C\C/C=C\CCCCC. The van der Waals surface area contributed by atoms with Gasteiger partial charge in [0.25, 0.3) is 0 Å². The second-order valence-electron chi connectivity index (χ2n) is 18.1. The van der Waals surface area contributed by atoms with Crippen molar-refractivity contribution in [1.29, 1.82) is 0 Å². The van der Waals surface area contributed by atoms with Crippen molar-refractivity contribution in [3.05, 3.63) is 72.9 Å². The minimum atomic E-state index is -0.544. The van der Waals surface area contributed by atoms with Crippen molar-refractivity contribution in [1.82, 2.24) is 0 Å². The molecule has 0 fully saturated rings. The van der Waals surface area contributed by atoms with Gasteiger partial charge in [0, 0.05) is 19.4 Å². The maximum atomic E-state index is 12.8. The summed E-state index contributed by atoms with van der Waals surface area (Å²) in [5.41, 5.74) is 0. The number of unbranched alkanes of at least 4 members (excludes halogenated alkanes) is 27. The molecule has 0 aliphatic heterocycles. The highest BCUT2D eigenvalue weighted by Crippen LogP contribution is 2.15. The minimum absolute atomic E-state index is 0.0761. The Balaban J connectivity index is 4.22. The Labute approximate surface area is 397 Å². The van der Waals surface area contributed by atoms with E-state index in [1.807, 2.05) is 0 Å². The third kappa shape index (κ3) is 52.0. The highest BCUT2D eigenvalue weighted by molar-refractivity contribution is 5.70. The van der Waals surface area contributed by atoms with Crippen LogP contribution >= 0.6 is 0 Å². The largest absolute Gasteiger partial charge is 0.462 e. The Morgan fingerprint density at radius 2 is 0.703 bits per heavy atom. The Hall–Kier alpha value is -2.66. The van der Waals surface area contributed by atoms with Crippen molar-refractivity contribution >= 4 is 11.9 Å². The van der Waals surface area contributed by atoms with Crippen LogP contribution in [0.5, 0.6) is 0 Å². The van der Waals surface area contributed by atoms with Gasteiger partial charge in [-0.15, -0.1) is 0 Å². The second kappa shape index (κ2) is 54.7. The molecule has 370 valence electrons. The lowest BCUT2D eigenvalue weighted by Crippen LogP contribution is -2.30. The van der Waals surface area contributed by atoms with Crippen LogP contribution in [-0.4, -0.2) is 37.9 Å². The van der Waals surface area contributed by atoms with Crippen LogP contribution in [-0.2, 0) is 23.8 Å². The average Bonchev–Trinajstić information content (AvgIpc) is 3.30. The van der Waals surface area contributed by atoms with Crippen LogP contribution in [0.1, 0.15) is 265 Å². The summed E-state index contributed by atoms with van der Waals surface area (Å²) in [6.45, 7) is 7.69. The molecular formula is C59H104O5. The Morgan fingerprint density at radius 1 is 0.359 bits per heavy atom. The molecule has 0 N–H and O–H groups in total. The van der Waals surface area contributed by atoms with Gasteiger partial charge in [0.15, 0.2) is 6.10 Å². The third-order valence-electron chi connectivity index (χ3n) is 11.7. The van der Waals surface area contributed by atoms with Gasteiger partial charge in [-0.3, -0.25) is 9.59 Å². The lowest BCUT2D eigenvalue weighted by molar-refractivity contribution is -0.163. The van der Waals surface area contributed by atoms with E-state index in [2.05, 4.69) is 93.7 Å². The van der Waals surface area contributed by atoms with E-state index < -0.39 is 6.10 Å². The average molecular weight is 893 g/mol. The van der Waals surface area contributed by atoms with E-state index in [-0.39, 0.29) is 25.2 Å². The van der Waals surface area contributed by atoms with Crippen LogP contribution in [0.15, 0.2) is 72.9 Å². The predicted molar refractivity (Wildman–Crippen MR) is 279 cm³/mol. The van der Waals surface area contributed by atoms with E-state index in [9.17, 15) is 9.59 Å². The molecule has 0 rings (SSSR count). The summed E-state index contributed by atoms with van der Waals surface area (Å²) in [6.07, 6.45) is 70.5. The van der Waals surface area contributed by atoms with Gasteiger partial charge in [-0.25, -0.2) is 0 Å². The van der Waals surface area contributed by atoms with Crippen LogP contribution < -0.4 is 0 Å². The molecule has 0 heterocycles. The molecule has 1 unspecified atom stereocenters. The molecule has 0 aromatic rings.